The number of nitrogens with one attached hydrogen (secondary N) is 2. The minimum Gasteiger partial charge on any atom is -0.308 e. The summed E-state index contributed by atoms with van der Waals surface area (Å²) in [6, 6.07) is 19.1. The van der Waals surface area contributed by atoms with Crippen LogP contribution in [0.15, 0.2) is 77.7 Å². The predicted octanol–water partition coefficient (Wildman–Crippen LogP) is 5.46. The van der Waals surface area contributed by atoms with Gasteiger partial charge in [-0.1, -0.05) is 41.4 Å². The van der Waals surface area contributed by atoms with Crippen LogP contribution in [0.1, 0.15) is 0 Å². The van der Waals surface area contributed by atoms with Crippen LogP contribution < -0.4 is 14.9 Å². The van der Waals surface area contributed by atoms with Gasteiger partial charge in [0.25, 0.3) is 10.0 Å². The van der Waals surface area contributed by atoms with Gasteiger partial charge >= 0.3 is 6.03 Å². The Bertz CT molecular complexity index is 1100. The van der Waals surface area contributed by atoms with E-state index in [2.05, 4.69) is 10.6 Å². The van der Waals surface area contributed by atoms with Gasteiger partial charge in [-0.3, -0.25) is 4.31 Å². The predicted molar refractivity (Wildman–Crippen MR) is 118 cm³/mol. The normalized spacial score (nSPS) is 11.0. The molecule has 0 aliphatic rings. The topological polar surface area (TPSA) is 78.5 Å². The molecule has 0 radical (unpaired) electrons. The van der Waals surface area contributed by atoms with Gasteiger partial charge in [-0.25, -0.2) is 13.2 Å². The molecule has 0 aliphatic heterocycles. The van der Waals surface area contributed by atoms with E-state index in [1.807, 2.05) is 18.2 Å². The molecular formula is C20H17Cl2N3O3S. The number of carbonyl (C=O) groups is 1. The van der Waals surface area contributed by atoms with Gasteiger partial charge < -0.3 is 10.6 Å². The minimum absolute atomic E-state index is 0.0121. The maximum absolute atomic E-state index is 12.8. The van der Waals surface area contributed by atoms with Crippen LogP contribution in [0.3, 0.4) is 0 Å². The fourth-order valence-corrected chi connectivity index (χ4v) is 4.47. The maximum Gasteiger partial charge on any atom is 0.323 e. The first-order chi connectivity index (χ1) is 13.8. The monoisotopic (exact) mass is 449 g/mol. The van der Waals surface area contributed by atoms with E-state index in [1.165, 1.54) is 25.2 Å². The second-order valence-electron chi connectivity index (χ2n) is 6.07. The van der Waals surface area contributed by atoms with Crippen LogP contribution in [-0.4, -0.2) is 21.5 Å². The molecule has 0 atom stereocenters. The van der Waals surface area contributed by atoms with Crippen molar-refractivity contribution in [2.75, 3.05) is 22.0 Å². The van der Waals surface area contributed by atoms with E-state index in [0.29, 0.717) is 17.1 Å². The molecule has 0 aliphatic carbocycles. The summed E-state index contributed by atoms with van der Waals surface area (Å²) in [5.74, 6) is 0. The van der Waals surface area contributed by atoms with Gasteiger partial charge in [0.2, 0.25) is 0 Å². The molecule has 150 valence electrons. The first-order valence-corrected chi connectivity index (χ1v) is 10.6. The van der Waals surface area contributed by atoms with E-state index in [0.717, 1.165) is 4.31 Å². The Morgan fingerprint density at radius 1 is 0.828 bits per heavy atom. The van der Waals surface area contributed by atoms with Gasteiger partial charge in [0.05, 0.1) is 10.6 Å². The van der Waals surface area contributed by atoms with Gasteiger partial charge in [-0.2, -0.15) is 0 Å². The summed E-state index contributed by atoms with van der Waals surface area (Å²) in [7, 11) is -2.42. The lowest BCUT2D eigenvalue weighted by molar-refractivity contribution is 0.262. The van der Waals surface area contributed by atoms with Crippen molar-refractivity contribution in [2.45, 2.75) is 4.90 Å². The molecule has 3 aromatic rings. The summed E-state index contributed by atoms with van der Waals surface area (Å²) in [6.45, 7) is 0. The highest BCUT2D eigenvalue weighted by molar-refractivity contribution is 7.92. The SMILES string of the molecule is CN(c1ccc(NC(=O)Nc2ccccc2)cc1)S(=O)(=O)c1cc(Cl)cc(Cl)c1. The Hall–Kier alpha value is -2.74. The molecule has 0 unspecified atom stereocenters. The maximum atomic E-state index is 12.8. The quantitative estimate of drug-likeness (QED) is 0.542. The van der Waals surface area contributed by atoms with Crippen molar-refractivity contribution in [1.82, 2.24) is 0 Å². The fourth-order valence-electron chi connectivity index (χ4n) is 2.54. The fraction of sp³-hybridized carbons (Fsp3) is 0.0500. The molecular weight excluding hydrogens is 433 g/mol. The molecule has 2 amide bonds. The lowest BCUT2D eigenvalue weighted by atomic mass is 10.3. The van der Waals surface area contributed by atoms with Gasteiger partial charge in [0, 0.05) is 28.5 Å². The Morgan fingerprint density at radius 3 is 1.90 bits per heavy atom. The van der Waals surface area contributed by atoms with Crippen LogP contribution in [-0.2, 0) is 10.0 Å². The number of sulfonamides is 1. The smallest absolute Gasteiger partial charge is 0.308 e. The summed E-state index contributed by atoms with van der Waals surface area (Å²) in [5, 5.41) is 5.85. The average Bonchev–Trinajstić information content (AvgIpc) is 2.68. The van der Waals surface area contributed by atoms with Gasteiger partial charge in [0.1, 0.15) is 0 Å². The van der Waals surface area contributed by atoms with Gasteiger partial charge in [-0.05, 0) is 54.6 Å². The molecule has 29 heavy (non-hydrogen) atoms. The van der Waals surface area contributed by atoms with E-state index in [4.69, 9.17) is 23.2 Å². The molecule has 0 bridgehead atoms. The summed E-state index contributed by atoms with van der Waals surface area (Å²) < 4.78 is 26.8. The number of anilines is 3. The van der Waals surface area contributed by atoms with E-state index in [9.17, 15) is 13.2 Å². The molecule has 3 aromatic carbocycles. The third-order valence-electron chi connectivity index (χ3n) is 4.01. The molecule has 0 saturated heterocycles. The summed E-state index contributed by atoms with van der Waals surface area (Å²) in [4.78, 5) is 12.0. The van der Waals surface area contributed by atoms with Crippen LogP contribution in [0.5, 0.6) is 0 Å². The molecule has 0 saturated carbocycles. The molecule has 3 rings (SSSR count). The zero-order valence-electron chi connectivity index (χ0n) is 15.3. The standard InChI is InChI=1S/C20H17Cl2N3O3S/c1-25(29(27,28)19-12-14(21)11-15(22)13-19)18-9-7-17(8-10-18)24-20(26)23-16-5-3-2-4-6-16/h2-13H,1H3,(H2,23,24,26). The number of para-hydroxylation sites is 1. The van der Waals surface area contributed by atoms with Crippen molar-refractivity contribution in [3.05, 3.63) is 82.8 Å². The number of halogens is 2. The van der Waals surface area contributed by atoms with E-state index >= 15 is 0 Å². The number of benzene rings is 3. The third-order valence-corrected chi connectivity index (χ3v) is 6.21. The van der Waals surface area contributed by atoms with Crippen molar-refractivity contribution in [3.8, 4) is 0 Å². The molecule has 0 aromatic heterocycles. The van der Waals surface area contributed by atoms with Crippen molar-refractivity contribution in [1.29, 1.82) is 0 Å². The Balaban J connectivity index is 1.72. The number of urea groups is 1. The van der Waals surface area contributed by atoms with Crippen molar-refractivity contribution >= 4 is 56.3 Å². The van der Waals surface area contributed by atoms with Gasteiger partial charge in [0.15, 0.2) is 0 Å². The highest BCUT2D eigenvalue weighted by atomic mass is 35.5. The van der Waals surface area contributed by atoms with E-state index in [1.54, 1.807) is 36.4 Å². The van der Waals surface area contributed by atoms with Crippen molar-refractivity contribution in [3.63, 3.8) is 0 Å². The minimum atomic E-state index is -3.85. The zero-order chi connectivity index (χ0) is 21.0. The Kier molecular flexibility index (Phi) is 6.32. The summed E-state index contributed by atoms with van der Waals surface area (Å²) >= 11 is 11.8. The van der Waals surface area contributed by atoms with E-state index < -0.39 is 16.1 Å². The lowest BCUT2D eigenvalue weighted by Gasteiger charge is -2.20. The largest absolute Gasteiger partial charge is 0.323 e. The Morgan fingerprint density at radius 2 is 1.34 bits per heavy atom. The molecule has 2 N–H and O–H groups in total. The van der Waals surface area contributed by atoms with E-state index in [-0.39, 0.29) is 14.9 Å². The van der Waals surface area contributed by atoms with Crippen LogP contribution in [0, 0.1) is 0 Å². The number of amides is 2. The second kappa shape index (κ2) is 8.73. The second-order valence-corrected chi connectivity index (χ2v) is 8.91. The number of hydrogen-bond donors (Lipinski definition) is 2. The van der Waals surface area contributed by atoms with Crippen LogP contribution in [0.4, 0.5) is 21.9 Å². The third kappa shape index (κ3) is 5.20. The van der Waals surface area contributed by atoms with Crippen molar-refractivity contribution < 1.29 is 13.2 Å². The molecule has 0 spiro atoms. The van der Waals surface area contributed by atoms with Gasteiger partial charge in [-0.15, -0.1) is 0 Å². The molecule has 0 heterocycles. The number of rotatable bonds is 5. The summed E-state index contributed by atoms with van der Waals surface area (Å²) in [6.07, 6.45) is 0. The van der Waals surface area contributed by atoms with Crippen LogP contribution in [0.2, 0.25) is 10.0 Å². The Labute approximate surface area is 179 Å². The highest BCUT2D eigenvalue weighted by Gasteiger charge is 2.22. The first-order valence-electron chi connectivity index (χ1n) is 8.44. The zero-order valence-corrected chi connectivity index (χ0v) is 17.6. The van der Waals surface area contributed by atoms with Crippen molar-refractivity contribution in [2.24, 2.45) is 0 Å². The highest BCUT2D eigenvalue weighted by Crippen LogP contribution is 2.27. The lowest BCUT2D eigenvalue weighted by Crippen LogP contribution is -2.26. The number of hydrogen-bond acceptors (Lipinski definition) is 3. The number of nitrogens with zero attached hydrogens (tertiary/aromatic N) is 1. The van der Waals surface area contributed by atoms with Crippen LogP contribution >= 0.6 is 23.2 Å². The molecule has 9 heteroatoms. The first kappa shape index (κ1) is 21.0. The average molecular weight is 450 g/mol. The van der Waals surface area contributed by atoms with Crippen LogP contribution in [0.25, 0.3) is 0 Å². The summed E-state index contributed by atoms with van der Waals surface area (Å²) in [5.41, 5.74) is 1.58. The molecule has 0 fully saturated rings. The number of carbonyl (C=O) groups excluding carboxylic acids is 1. The molecule has 6 nitrogen and oxygen atoms in total.